The summed E-state index contributed by atoms with van der Waals surface area (Å²) in [5, 5.41) is 7.43. The number of nitrogens with zero attached hydrogens (tertiary/aromatic N) is 3. The lowest BCUT2D eigenvalue weighted by molar-refractivity contribution is 0.0935. The number of carbonyl (C=O) groups excluding carboxylic acids is 1. The zero-order valence-electron chi connectivity index (χ0n) is 17.7. The highest BCUT2D eigenvalue weighted by Crippen LogP contribution is 2.23. The fourth-order valence-electron chi connectivity index (χ4n) is 3.16. The van der Waals surface area contributed by atoms with Crippen LogP contribution in [0.15, 0.2) is 54.7 Å². The van der Waals surface area contributed by atoms with Gasteiger partial charge in [-0.15, -0.1) is 0 Å². The maximum Gasteiger partial charge on any atom is 0.255 e. The van der Waals surface area contributed by atoms with Crippen LogP contribution in [0.4, 0.5) is 4.39 Å². The topological polar surface area (TPSA) is 59.4 Å². The summed E-state index contributed by atoms with van der Waals surface area (Å²) in [6, 6.07) is 13.1. The highest BCUT2D eigenvalue weighted by atomic mass is 19.1. The smallest absolute Gasteiger partial charge is 0.255 e. The Morgan fingerprint density at radius 2 is 1.90 bits per heavy atom. The zero-order valence-corrected chi connectivity index (χ0v) is 17.7. The first-order chi connectivity index (χ1) is 14.4. The molecule has 1 heterocycles. The highest BCUT2D eigenvalue weighted by Gasteiger charge is 2.19. The number of nitrogens with one attached hydrogen (secondary N) is 1. The molecule has 7 heteroatoms. The van der Waals surface area contributed by atoms with E-state index in [1.54, 1.807) is 35.1 Å². The first-order valence-corrected chi connectivity index (χ1v) is 9.84. The van der Waals surface area contributed by atoms with E-state index < -0.39 is 0 Å². The Balaban J connectivity index is 1.73. The van der Waals surface area contributed by atoms with Crippen LogP contribution in [0.5, 0.6) is 5.75 Å². The fourth-order valence-corrected chi connectivity index (χ4v) is 3.16. The van der Waals surface area contributed by atoms with Gasteiger partial charge in [-0.2, -0.15) is 5.10 Å². The quantitative estimate of drug-likeness (QED) is 0.614. The Kier molecular flexibility index (Phi) is 6.84. The molecule has 6 nitrogen and oxygen atoms in total. The number of halogens is 1. The van der Waals surface area contributed by atoms with Crippen LogP contribution in [0.2, 0.25) is 0 Å². The number of hydrogen-bond donors (Lipinski definition) is 1. The van der Waals surface area contributed by atoms with Gasteiger partial charge in [0, 0.05) is 17.8 Å². The Labute approximate surface area is 176 Å². The normalized spacial score (nSPS) is 12.1. The summed E-state index contributed by atoms with van der Waals surface area (Å²) in [4.78, 5) is 14.9. The van der Waals surface area contributed by atoms with Crippen molar-refractivity contribution >= 4 is 5.91 Å². The molecular formula is C23H27FN4O2. The molecule has 0 saturated heterocycles. The number of rotatable bonds is 8. The number of para-hydroxylation sites is 1. The van der Waals surface area contributed by atoms with E-state index in [2.05, 4.69) is 10.4 Å². The van der Waals surface area contributed by atoms with E-state index in [0.29, 0.717) is 17.9 Å². The largest absolute Gasteiger partial charge is 0.491 e. The van der Waals surface area contributed by atoms with E-state index in [4.69, 9.17) is 4.74 Å². The number of carbonyl (C=O) groups is 1. The SMILES string of the molecule is Cc1c(C(C)NC(=O)c2ccccc2OCCN(C)C)cnn1-c1ccc(F)cc1. The average Bonchev–Trinajstić information content (AvgIpc) is 3.10. The molecule has 0 aliphatic heterocycles. The van der Waals surface area contributed by atoms with Crippen LogP contribution in [-0.2, 0) is 0 Å². The second-order valence-corrected chi connectivity index (χ2v) is 7.42. The van der Waals surface area contributed by atoms with Crippen LogP contribution in [0.3, 0.4) is 0 Å². The summed E-state index contributed by atoms with van der Waals surface area (Å²) in [7, 11) is 3.94. The summed E-state index contributed by atoms with van der Waals surface area (Å²) in [6.45, 7) is 5.09. The first kappa shape index (κ1) is 21.5. The molecule has 30 heavy (non-hydrogen) atoms. The van der Waals surface area contributed by atoms with Crippen LogP contribution >= 0.6 is 0 Å². The fraction of sp³-hybridized carbons (Fsp3) is 0.304. The molecule has 0 radical (unpaired) electrons. The number of aromatic nitrogens is 2. The van der Waals surface area contributed by atoms with Gasteiger partial charge in [-0.1, -0.05) is 12.1 Å². The van der Waals surface area contributed by atoms with Gasteiger partial charge in [-0.3, -0.25) is 4.79 Å². The van der Waals surface area contributed by atoms with Crippen molar-refractivity contribution in [3.63, 3.8) is 0 Å². The number of likely N-dealkylation sites (N-methyl/N-ethyl adjacent to an activating group) is 1. The maximum atomic E-state index is 13.2. The zero-order chi connectivity index (χ0) is 21.7. The summed E-state index contributed by atoms with van der Waals surface area (Å²) >= 11 is 0. The molecule has 1 aromatic heterocycles. The molecule has 0 saturated carbocycles. The lowest BCUT2D eigenvalue weighted by Gasteiger charge is -2.17. The molecule has 3 aromatic rings. The lowest BCUT2D eigenvalue weighted by atomic mass is 10.1. The molecule has 0 fully saturated rings. The summed E-state index contributed by atoms with van der Waals surface area (Å²) in [6.07, 6.45) is 1.73. The van der Waals surface area contributed by atoms with Crippen molar-refractivity contribution in [3.8, 4) is 11.4 Å². The summed E-state index contributed by atoms with van der Waals surface area (Å²) in [5.41, 5.74) is 3.02. The Hall–Kier alpha value is -3.19. The molecule has 2 aromatic carbocycles. The van der Waals surface area contributed by atoms with Crippen molar-refractivity contribution in [3.05, 3.63) is 77.4 Å². The van der Waals surface area contributed by atoms with E-state index >= 15 is 0 Å². The van der Waals surface area contributed by atoms with Crippen molar-refractivity contribution in [2.45, 2.75) is 19.9 Å². The monoisotopic (exact) mass is 410 g/mol. The maximum absolute atomic E-state index is 13.2. The van der Waals surface area contributed by atoms with Crippen LogP contribution in [-0.4, -0.2) is 47.8 Å². The van der Waals surface area contributed by atoms with Crippen molar-refractivity contribution in [2.24, 2.45) is 0 Å². The van der Waals surface area contributed by atoms with Gasteiger partial charge < -0.3 is 15.0 Å². The van der Waals surface area contributed by atoms with Gasteiger partial charge in [0.1, 0.15) is 18.2 Å². The van der Waals surface area contributed by atoms with Gasteiger partial charge in [0.25, 0.3) is 5.91 Å². The Morgan fingerprint density at radius 3 is 2.60 bits per heavy atom. The van der Waals surface area contributed by atoms with Crippen LogP contribution < -0.4 is 10.1 Å². The molecule has 0 spiro atoms. The molecule has 0 aliphatic rings. The van der Waals surface area contributed by atoms with Gasteiger partial charge in [0.15, 0.2) is 0 Å². The Bertz CT molecular complexity index is 999. The minimum absolute atomic E-state index is 0.211. The van der Waals surface area contributed by atoms with Crippen molar-refractivity contribution < 1.29 is 13.9 Å². The predicted molar refractivity (Wildman–Crippen MR) is 115 cm³/mol. The third kappa shape index (κ3) is 5.04. The standard InChI is InChI=1S/C23H27FN4O2/c1-16(21-15-25-28(17(21)2)19-11-9-18(24)10-12-19)26-23(29)20-7-5-6-8-22(20)30-14-13-27(3)4/h5-12,15-16H,13-14H2,1-4H3,(H,26,29). The molecule has 0 aliphatic carbocycles. The Morgan fingerprint density at radius 1 is 1.20 bits per heavy atom. The molecular weight excluding hydrogens is 383 g/mol. The molecule has 0 bridgehead atoms. The van der Waals surface area contributed by atoms with E-state index in [1.165, 1.54) is 12.1 Å². The molecule has 1 unspecified atom stereocenters. The highest BCUT2D eigenvalue weighted by molar-refractivity contribution is 5.97. The molecule has 1 N–H and O–H groups in total. The van der Waals surface area contributed by atoms with Crippen LogP contribution in [0.1, 0.15) is 34.6 Å². The number of benzene rings is 2. The van der Waals surface area contributed by atoms with E-state index in [-0.39, 0.29) is 17.8 Å². The summed E-state index contributed by atoms with van der Waals surface area (Å²) in [5.74, 6) is 0.0514. The first-order valence-electron chi connectivity index (χ1n) is 9.84. The third-order valence-electron chi connectivity index (χ3n) is 4.86. The second-order valence-electron chi connectivity index (χ2n) is 7.42. The molecule has 1 atom stereocenters. The lowest BCUT2D eigenvalue weighted by Crippen LogP contribution is -2.28. The minimum Gasteiger partial charge on any atom is -0.491 e. The predicted octanol–water partition coefficient (Wildman–Crippen LogP) is 3.75. The van der Waals surface area contributed by atoms with Gasteiger partial charge in [-0.25, -0.2) is 9.07 Å². The number of ether oxygens (including phenoxy) is 1. The van der Waals surface area contributed by atoms with E-state index in [0.717, 1.165) is 23.5 Å². The van der Waals surface area contributed by atoms with Gasteiger partial charge in [0.05, 0.1) is 23.5 Å². The summed E-state index contributed by atoms with van der Waals surface area (Å²) < 4.78 is 20.7. The second kappa shape index (κ2) is 9.54. The van der Waals surface area contributed by atoms with Gasteiger partial charge >= 0.3 is 0 Å². The third-order valence-corrected chi connectivity index (χ3v) is 4.86. The molecule has 158 valence electrons. The number of amides is 1. The minimum atomic E-state index is -0.295. The molecule has 3 rings (SSSR count). The number of hydrogen-bond acceptors (Lipinski definition) is 4. The van der Waals surface area contributed by atoms with Gasteiger partial charge in [0.2, 0.25) is 0 Å². The van der Waals surface area contributed by atoms with Crippen molar-refractivity contribution in [2.75, 3.05) is 27.2 Å². The van der Waals surface area contributed by atoms with Crippen LogP contribution in [0.25, 0.3) is 5.69 Å². The van der Waals surface area contributed by atoms with E-state index in [1.807, 2.05) is 45.0 Å². The van der Waals surface area contributed by atoms with Gasteiger partial charge in [-0.05, 0) is 64.3 Å². The molecule has 1 amide bonds. The van der Waals surface area contributed by atoms with Crippen LogP contribution in [0, 0.1) is 12.7 Å². The average molecular weight is 410 g/mol. The van der Waals surface area contributed by atoms with E-state index in [9.17, 15) is 9.18 Å². The van der Waals surface area contributed by atoms with Crippen molar-refractivity contribution in [1.29, 1.82) is 0 Å². The van der Waals surface area contributed by atoms with Crippen molar-refractivity contribution in [1.82, 2.24) is 20.0 Å².